The van der Waals surface area contributed by atoms with Crippen LogP contribution in [0, 0.1) is 0 Å². The highest BCUT2D eigenvalue weighted by molar-refractivity contribution is 5.91. The SMILES string of the molecule is COc1ccc(C=CC(=O)NCc2ccccc2CN2CCOCC2)cc1OC. The minimum atomic E-state index is -0.138. The van der Waals surface area contributed by atoms with E-state index in [2.05, 4.69) is 22.3 Å². The maximum atomic E-state index is 12.3. The quantitative estimate of drug-likeness (QED) is 0.696. The van der Waals surface area contributed by atoms with Crippen LogP contribution < -0.4 is 14.8 Å². The third-order valence-electron chi connectivity index (χ3n) is 4.90. The molecule has 1 aliphatic rings. The van der Waals surface area contributed by atoms with Gasteiger partial charge in [0.05, 0.1) is 27.4 Å². The average molecular weight is 396 g/mol. The van der Waals surface area contributed by atoms with Gasteiger partial charge in [0.1, 0.15) is 0 Å². The van der Waals surface area contributed by atoms with Crippen molar-refractivity contribution in [3.63, 3.8) is 0 Å². The zero-order valence-electron chi connectivity index (χ0n) is 17.0. The molecule has 0 aliphatic carbocycles. The lowest BCUT2D eigenvalue weighted by Crippen LogP contribution is -2.36. The van der Waals surface area contributed by atoms with Crippen LogP contribution in [0.25, 0.3) is 6.08 Å². The molecule has 0 radical (unpaired) electrons. The Bertz CT molecular complexity index is 845. The number of ether oxygens (including phenoxy) is 3. The van der Waals surface area contributed by atoms with Gasteiger partial charge in [-0.1, -0.05) is 30.3 Å². The van der Waals surface area contributed by atoms with Crippen molar-refractivity contribution in [2.24, 2.45) is 0 Å². The summed E-state index contributed by atoms with van der Waals surface area (Å²) in [6.45, 7) is 4.80. The molecule has 3 rings (SSSR count). The molecule has 0 spiro atoms. The summed E-state index contributed by atoms with van der Waals surface area (Å²) in [5.41, 5.74) is 3.23. The number of nitrogens with zero attached hydrogens (tertiary/aromatic N) is 1. The molecule has 1 aliphatic heterocycles. The highest BCUT2D eigenvalue weighted by Gasteiger charge is 2.12. The minimum Gasteiger partial charge on any atom is -0.493 e. The Morgan fingerprint density at radius 1 is 1.07 bits per heavy atom. The predicted molar refractivity (Wildman–Crippen MR) is 113 cm³/mol. The molecule has 0 saturated carbocycles. The van der Waals surface area contributed by atoms with Gasteiger partial charge in [0.25, 0.3) is 0 Å². The van der Waals surface area contributed by atoms with Crippen LogP contribution in [0.5, 0.6) is 11.5 Å². The fourth-order valence-corrected chi connectivity index (χ4v) is 3.25. The summed E-state index contributed by atoms with van der Waals surface area (Å²) in [5.74, 6) is 1.15. The van der Waals surface area contributed by atoms with E-state index in [4.69, 9.17) is 14.2 Å². The van der Waals surface area contributed by atoms with Crippen LogP contribution in [-0.2, 0) is 22.6 Å². The van der Waals surface area contributed by atoms with Crippen LogP contribution in [0.1, 0.15) is 16.7 Å². The molecule has 154 valence electrons. The second kappa shape index (κ2) is 10.6. The molecule has 1 N–H and O–H groups in total. The summed E-state index contributed by atoms with van der Waals surface area (Å²) < 4.78 is 15.9. The molecule has 1 heterocycles. The number of benzene rings is 2. The Morgan fingerprint density at radius 2 is 1.79 bits per heavy atom. The molecule has 6 heteroatoms. The first-order valence-electron chi connectivity index (χ1n) is 9.74. The maximum absolute atomic E-state index is 12.3. The number of nitrogens with one attached hydrogen (secondary N) is 1. The fraction of sp³-hybridized carbons (Fsp3) is 0.348. The van der Waals surface area contributed by atoms with Crippen LogP contribution in [0.4, 0.5) is 0 Å². The summed E-state index contributed by atoms with van der Waals surface area (Å²) in [5, 5.41) is 2.97. The van der Waals surface area contributed by atoms with Gasteiger partial charge in [0.15, 0.2) is 11.5 Å². The lowest BCUT2D eigenvalue weighted by molar-refractivity contribution is -0.116. The van der Waals surface area contributed by atoms with E-state index in [1.54, 1.807) is 20.3 Å². The van der Waals surface area contributed by atoms with Gasteiger partial charge in [-0.25, -0.2) is 0 Å². The first-order valence-corrected chi connectivity index (χ1v) is 9.74. The lowest BCUT2D eigenvalue weighted by Gasteiger charge is -2.27. The van der Waals surface area contributed by atoms with E-state index in [0.29, 0.717) is 18.0 Å². The normalized spacial score (nSPS) is 14.7. The van der Waals surface area contributed by atoms with Crippen LogP contribution in [-0.4, -0.2) is 51.3 Å². The van der Waals surface area contributed by atoms with Crippen LogP contribution in [0.3, 0.4) is 0 Å². The smallest absolute Gasteiger partial charge is 0.244 e. The van der Waals surface area contributed by atoms with E-state index < -0.39 is 0 Å². The Morgan fingerprint density at radius 3 is 2.52 bits per heavy atom. The number of amides is 1. The van der Waals surface area contributed by atoms with Gasteiger partial charge < -0.3 is 19.5 Å². The Balaban J connectivity index is 1.57. The van der Waals surface area contributed by atoms with Crippen molar-refractivity contribution >= 4 is 12.0 Å². The molecule has 29 heavy (non-hydrogen) atoms. The van der Waals surface area contributed by atoms with E-state index in [9.17, 15) is 4.79 Å². The number of methoxy groups -OCH3 is 2. The maximum Gasteiger partial charge on any atom is 0.244 e. The van der Waals surface area contributed by atoms with Crippen molar-refractivity contribution in [1.82, 2.24) is 10.2 Å². The van der Waals surface area contributed by atoms with E-state index in [1.165, 1.54) is 11.6 Å². The van der Waals surface area contributed by atoms with E-state index >= 15 is 0 Å². The number of rotatable bonds is 8. The summed E-state index contributed by atoms with van der Waals surface area (Å²) in [6, 6.07) is 13.8. The Labute approximate surface area is 172 Å². The third kappa shape index (κ3) is 6.07. The minimum absolute atomic E-state index is 0.138. The largest absolute Gasteiger partial charge is 0.493 e. The third-order valence-corrected chi connectivity index (χ3v) is 4.90. The fourth-order valence-electron chi connectivity index (χ4n) is 3.25. The molecule has 0 atom stereocenters. The van der Waals surface area contributed by atoms with Crippen molar-refractivity contribution in [3.8, 4) is 11.5 Å². The summed E-state index contributed by atoms with van der Waals surface area (Å²) in [4.78, 5) is 14.7. The van der Waals surface area contributed by atoms with Crippen molar-refractivity contribution in [3.05, 3.63) is 65.2 Å². The molecule has 0 bridgehead atoms. The number of carbonyl (C=O) groups excluding carboxylic acids is 1. The average Bonchev–Trinajstić information content (AvgIpc) is 2.77. The first kappa shape index (κ1) is 20.9. The summed E-state index contributed by atoms with van der Waals surface area (Å²) >= 11 is 0. The van der Waals surface area contributed by atoms with E-state index in [1.807, 2.05) is 30.3 Å². The van der Waals surface area contributed by atoms with Crippen LogP contribution in [0.2, 0.25) is 0 Å². The van der Waals surface area contributed by atoms with E-state index in [0.717, 1.165) is 44.0 Å². The van der Waals surface area contributed by atoms with Gasteiger partial charge in [0.2, 0.25) is 5.91 Å². The number of hydrogen-bond acceptors (Lipinski definition) is 5. The van der Waals surface area contributed by atoms with Gasteiger partial charge in [-0.15, -0.1) is 0 Å². The highest BCUT2D eigenvalue weighted by Crippen LogP contribution is 2.27. The van der Waals surface area contributed by atoms with Gasteiger partial charge in [-0.2, -0.15) is 0 Å². The number of morpholine rings is 1. The molecular formula is C23H28N2O4. The standard InChI is InChI=1S/C23H28N2O4/c1-27-21-9-7-18(15-22(21)28-2)8-10-23(26)24-16-19-5-3-4-6-20(19)17-25-11-13-29-14-12-25/h3-10,15H,11-14,16-17H2,1-2H3,(H,24,26). The highest BCUT2D eigenvalue weighted by atomic mass is 16.5. The summed E-state index contributed by atoms with van der Waals surface area (Å²) in [7, 11) is 3.18. The zero-order valence-corrected chi connectivity index (χ0v) is 17.0. The van der Waals surface area contributed by atoms with E-state index in [-0.39, 0.29) is 5.91 Å². The van der Waals surface area contributed by atoms with Gasteiger partial charge in [0, 0.05) is 32.3 Å². The zero-order chi connectivity index (χ0) is 20.5. The van der Waals surface area contributed by atoms with Crippen molar-refractivity contribution < 1.29 is 19.0 Å². The summed E-state index contributed by atoms with van der Waals surface area (Å²) in [6.07, 6.45) is 3.29. The molecule has 6 nitrogen and oxygen atoms in total. The molecule has 0 aromatic heterocycles. The van der Waals surface area contributed by atoms with Gasteiger partial charge in [-0.3, -0.25) is 9.69 Å². The molecule has 1 saturated heterocycles. The topological polar surface area (TPSA) is 60.0 Å². The molecule has 2 aromatic carbocycles. The molecule has 1 amide bonds. The number of hydrogen-bond donors (Lipinski definition) is 1. The molecule has 2 aromatic rings. The first-order chi connectivity index (χ1) is 14.2. The molecular weight excluding hydrogens is 368 g/mol. The number of carbonyl (C=O) groups is 1. The van der Waals surface area contributed by atoms with Crippen LogP contribution >= 0.6 is 0 Å². The Hall–Kier alpha value is -2.83. The van der Waals surface area contributed by atoms with Gasteiger partial charge >= 0.3 is 0 Å². The van der Waals surface area contributed by atoms with Crippen molar-refractivity contribution in [2.45, 2.75) is 13.1 Å². The van der Waals surface area contributed by atoms with Crippen LogP contribution in [0.15, 0.2) is 48.5 Å². The predicted octanol–water partition coefficient (Wildman–Crippen LogP) is 2.87. The van der Waals surface area contributed by atoms with Crippen molar-refractivity contribution in [2.75, 3.05) is 40.5 Å². The van der Waals surface area contributed by atoms with Gasteiger partial charge in [-0.05, 0) is 34.9 Å². The molecule has 0 unspecified atom stereocenters. The Kier molecular flexibility index (Phi) is 7.67. The second-order valence-corrected chi connectivity index (χ2v) is 6.82. The van der Waals surface area contributed by atoms with Crippen molar-refractivity contribution in [1.29, 1.82) is 0 Å². The second-order valence-electron chi connectivity index (χ2n) is 6.82. The lowest BCUT2D eigenvalue weighted by atomic mass is 10.1. The molecule has 1 fully saturated rings. The monoisotopic (exact) mass is 396 g/mol.